The molecule has 1 fully saturated rings. The predicted octanol–water partition coefficient (Wildman–Crippen LogP) is 2.44. The summed E-state index contributed by atoms with van der Waals surface area (Å²) in [7, 11) is 4.09. The van der Waals surface area contributed by atoms with Crippen LogP contribution in [0.3, 0.4) is 0 Å². The van der Waals surface area contributed by atoms with E-state index >= 15 is 0 Å². The van der Waals surface area contributed by atoms with Gasteiger partial charge in [-0.05, 0) is 53.4 Å². The number of benzene rings is 1. The molecule has 1 heterocycles. The first-order chi connectivity index (χ1) is 12.2. The van der Waals surface area contributed by atoms with Crippen molar-refractivity contribution in [2.75, 3.05) is 45.2 Å². The third-order valence-corrected chi connectivity index (χ3v) is 4.96. The van der Waals surface area contributed by atoms with Crippen molar-refractivity contribution in [3.8, 4) is 0 Å². The van der Waals surface area contributed by atoms with Gasteiger partial charge >= 0.3 is 0 Å². The average Bonchev–Trinajstić information content (AvgIpc) is 3.01. The van der Waals surface area contributed by atoms with E-state index in [-0.39, 0.29) is 11.6 Å². The molecule has 0 spiro atoms. The van der Waals surface area contributed by atoms with Crippen molar-refractivity contribution in [3.63, 3.8) is 0 Å². The maximum atomic E-state index is 14.0. The normalized spacial score (nSPS) is 18.5. The highest BCUT2D eigenvalue weighted by atomic mass is 19.1. The first-order valence-electron chi connectivity index (χ1n) is 9.15. The van der Waals surface area contributed by atoms with Gasteiger partial charge in [-0.1, -0.05) is 0 Å². The van der Waals surface area contributed by atoms with Crippen LogP contribution in [0.5, 0.6) is 0 Å². The third kappa shape index (κ3) is 5.30. The summed E-state index contributed by atoms with van der Waals surface area (Å²) >= 11 is 0. The summed E-state index contributed by atoms with van der Waals surface area (Å²) in [6, 6.07) is 3.91. The van der Waals surface area contributed by atoms with Crippen LogP contribution in [0.4, 0.5) is 14.5 Å². The molecular formula is C19H31F2N5. The van der Waals surface area contributed by atoms with Crippen LogP contribution in [0.25, 0.3) is 0 Å². The fourth-order valence-electron chi connectivity index (χ4n) is 2.76. The van der Waals surface area contributed by atoms with E-state index in [1.807, 2.05) is 25.9 Å². The number of halogens is 2. The van der Waals surface area contributed by atoms with Gasteiger partial charge in [0.1, 0.15) is 11.6 Å². The second kappa shape index (κ2) is 8.66. The van der Waals surface area contributed by atoms with Crippen LogP contribution in [-0.4, -0.2) is 62.7 Å². The van der Waals surface area contributed by atoms with E-state index in [0.29, 0.717) is 18.8 Å². The summed E-state index contributed by atoms with van der Waals surface area (Å²) in [4.78, 5) is 8.80. The summed E-state index contributed by atoms with van der Waals surface area (Å²) < 4.78 is 27.1. The Morgan fingerprint density at radius 3 is 2.69 bits per heavy atom. The lowest BCUT2D eigenvalue weighted by molar-refractivity contribution is 0.204. The van der Waals surface area contributed by atoms with Crippen molar-refractivity contribution in [3.05, 3.63) is 29.8 Å². The Balaban J connectivity index is 1.99. The molecule has 26 heavy (non-hydrogen) atoms. The third-order valence-electron chi connectivity index (χ3n) is 4.96. The first kappa shape index (κ1) is 20.4. The summed E-state index contributed by atoms with van der Waals surface area (Å²) in [6.45, 7) is 9.15. The van der Waals surface area contributed by atoms with Gasteiger partial charge in [-0.15, -0.1) is 0 Å². The van der Waals surface area contributed by atoms with E-state index in [1.54, 1.807) is 0 Å². The van der Waals surface area contributed by atoms with E-state index in [4.69, 9.17) is 4.99 Å². The van der Waals surface area contributed by atoms with Crippen molar-refractivity contribution in [1.82, 2.24) is 15.5 Å². The fraction of sp³-hybridized carbons (Fsp3) is 0.632. The number of hydrogen-bond acceptors (Lipinski definition) is 3. The Morgan fingerprint density at radius 1 is 1.35 bits per heavy atom. The minimum Gasteiger partial charge on any atom is -0.367 e. The standard InChI is InChI=1S/C19H31F2N5/c1-6-22-18(23-13-19(2,3)25(4)5)24-15-9-10-26(12-15)17-8-7-14(20)11-16(17)21/h7-8,11,15H,6,9-10,12-13H2,1-5H3,(H2,22,23,24). The maximum absolute atomic E-state index is 14.0. The van der Waals surface area contributed by atoms with Gasteiger partial charge in [0.05, 0.1) is 12.2 Å². The van der Waals surface area contributed by atoms with Gasteiger partial charge in [0.25, 0.3) is 0 Å². The van der Waals surface area contributed by atoms with E-state index in [9.17, 15) is 8.78 Å². The molecule has 2 N–H and O–H groups in total. The minimum atomic E-state index is -0.551. The topological polar surface area (TPSA) is 42.9 Å². The molecule has 0 radical (unpaired) electrons. The highest BCUT2D eigenvalue weighted by Crippen LogP contribution is 2.24. The lowest BCUT2D eigenvalue weighted by Crippen LogP contribution is -2.47. The van der Waals surface area contributed by atoms with Crippen molar-refractivity contribution in [2.45, 2.75) is 38.8 Å². The molecule has 1 saturated heterocycles. The molecule has 2 rings (SSSR count). The Labute approximate surface area is 155 Å². The second-order valence-electron chi connectivity index (χ2n) is 7.57. The number of anilines is 1. The van der Waals surface area contributed by atoms with Gasteiger partial charge in [-0.25, -0.2) is 8.78 Å². The molecule has 0 amide bonds. The second-order valence-corrected chi connectivity index (χ2v) is 7.57. The van der Waals surface area contributed by atoms with Crippen molar-refractivity contribution in [2.24, 2.45) is 4.99 Å². The average molecular weight is 367 g/mol. The van der Waals surface area contributed by atoms with Crippen LogP contribution in [0.1, 0.15) is 27.2 Å². The molecule has 1 aliphatic heterocycles. The highest BCUT2D eigenvalue weighted by molar-refractivity contribution is 5.80. The molecule has 0 bridgehead atoms. The van der Waals surface area contributed by atoms with Crippen molar-refractivity contribution < 1.29 is 8.78 Å². The zero-order valence-electron chi connectivity index (χ0n) is 16.4. The molecule has 1 aromatic rings. The van der Waals surface area contributed by atoms with Gasteiger partial charge in [0.15, 0.2) is 5.96 Å². The van der Waals surface area contributed by atoms with Crippen LogP contribution in [0, 0.1) is 11.6 Å². The molecule has 1 aromatic carbocycles. The minimum absolute atomic E-state index is 0.0404. The molecule has 0 aromatic heterocycles. The molecule has 7 heteroatoms. The molecule has 1 atom stereocenters. The van der Waals surface area contributed by atoms with Gasteiger partial charge in [-0.2, -0.15) is 0 Å². The molecule has 0 saturated carbocycles. The van der Waals surface area contributed by atoms with E-state index in [0.717, 1.165) is 31.5 Å². The number of guanidine groups is 1. The highest BCUT2D eigenvalue weighted by Gasteiger charge is 2.26. The van der Waals surface area contributed by atoms with Crippen LogP contribution < -0.4 is 15.5 Å². The Hall–Kier alpha value is -1.89. The van der Waals surface area contributed by atoms with Crippen LogP contribution in [0.15, 0.2) is 23.2 Å². The number of rotatable bonds is 6. The first-order valence-corrected chi connectivity index (χ1v) is 9.15. The predicted molar refractivity (Wildman–Crippen MR) is 104 cm³/mol. The number of likely N-dealkylation sites (N-methyl/N-ethyl adjacent to an activating group) is 1. The number of nitrogens with zero attached hydrogens (tertiary/aromatic N) is 3. The lowest BCUT2D eigenvalue weighted by Gasteiger charge is -2.31. The largest absolute Gasteiger partial charge is 0.367 e. The number of hydrogen-bond donors (Lipinski definition) is 2. The number of nitrogens with one attached hydrogen (secondary N) is 2. The summed E-state index contributed by atoms with van der Waals surface area (Å²) in [5.74, 6) is -0.294. The molecule has 1 unspecified atom stereocenters. The van der Waals surface area contributed by atoms with Crippen molar-refractivity contribution in [1.29, 1.82) is 0 Å². The summed E-state index contributed by atoms with van der Waals surface area (Å²) in [5, 5.41) is 6.71. The number of aliphatic imine (C=N–C) groups is 1. The smallest absolute Gasteiger partial charge is 0.191 e. The molecule has 5 nitrogen and oxygen atoms in total. The van der Waals surface area contributed by atoms with Gasteiger partial charge in [-0.3, -0.25) is 4.99 Å². The van der Waals surface area contributed by atoms with Gasteiger partial charge < -0.3 is 20.4 Å². The fourth-order valence-corrected chi connectivity index (χ4v) is 2.76. The Morgan fingerprint density at radius 2 is 2.08 bits per heavy atom. The lowest BCUT2D eigenvalue weighted by atomic mass is 10.1. The van der Waals surface area contributed by atoms with Crippen LogP contribution >= 0.6 is 0 Å². The molecule has 1 aliphatic rings. The molecule has 146 valence electrons. The quantitative estimate of drug-likeness (QED) is 0.599. The van der Waals surface area contributed by atoms with E-state index in [1.165, 1.54) is 12.1 Å². The molecule has 0 aliphatic carbocycles. The van der Waals surface area contributed by atoms with E-state index < -0.39 is 11.6 Å². The van der Waals surface area contributed by atoms with E-state index in [2.05, 4.69) is 29.4 Å². The summed E-state index contributed by atoms with van der Waals surface area (Å²) in [5.41, 5.74) is 0.410. The SMILES string of the molecule is CCNC(=NCC(C)(C)N(C)C)NC1CCN(c2ccc(F)cc2F)C1. The Bertz CT molecular complexity index is 630. The Kier molecular flexibility index (Phi) is 6.81. The zero-order chi connectivity index (χ0) is 19.3. The molecular weight excluding hydrogens is 336 g/mol. The summed E-state index contributed by atoms with van der Waals surface area (Å²) in [6.07, 6.45) is 0.873. The maximum Gasteiger partial charge on any atom is 0.191 e. The van der Waals surface area contributed by atoms with Gasteiger partial charge in [0, 0.05) is 37.3 Å². The zero-order valence-corrected chi connectivity index (χ0v) is 16.4. The monoisotopic (exact) mass is 367 g/mol. The van der Waals surface area contributed by atoms with Crippen LogP contribution in [-0.2, 0) is 0 Å². The van der Waals surface area contributed by atoms with Gasteiger partial charge in [0.2, 0.25) is 0 Å². The van der Waals surface area contributed by atoms with Crippen LogP contribution in [0.2, 0.25) is 0 Å². The van der Waals surface area contributed by atoms with Crippen molar-refractivity contribution >= 4 is 11.6 Å².